The van der Waals surface area contributed by atoms with Crippen molar-refractivity contribution >= 4 is 55.0 Å². The molecule has 51 heavy (non-hydrogen) atoms. The number of aryl methyl sites for hydroxylation is 1. The summed E-state index contributed by atoms with van der Waals surface area (Å²) in [6.07, 6.45) is 3.12. The molecule has 1 atom stereocenters. The molecule has 0 aliphatic carbocycles. The number of hydrogen-bond acceptors (Lipinski definition) is 8. The third-order valence-electron chi connectivity index (χ3n) is 10.4. The van der Waals surface area contributed by atoms with E-state index in [0.717, 1.165) is 21.3 Å². The Morgan fingerprint density at radius 2 is 1.75 bits per heavy atom. The van der Waals surface area contributed by atoms with Crippen molar-refractivity contribution in [2.24, 2.45) is 11.3 Å². The molecule has 2 N–H and O–H groups in total. The largest absolute Gasteiger partial charge is 0.383 e. The standard InChI is InChI=1S/C37H49FN6O5S2/c1-25(45)42-16-18-43(19-17-42)34(46)9-8-27-20-28-23-37(2,3)24-39-35(28)32(21-27)51(48,49)41-30(22-33-40-29-6-4-5-7-31(29)50-33)36(47)44-14-11-26(10-13-38)12-15-44/h4-7,20-21,26,30,39,41H,8-19,22-24H2,1-3H3/t30-/m0/s1. The van der Waals surface area contributed by atoms with Crippen LogP contribution in [0.1, 0.15) is 62.6 Å². The van der Waals surface area contributed by atoms with Crippen molar-refractivity contribution in [3.05, 3.63) is 52.5 Å². The van der Waals surface area contributed by atoms with Gasteiger partial charge in [-0.25, -0.2) is 13.4 Å². The molecule has 6 rings (SSSR count). The van der Waals surface area contributed by atoms with Crippen LogP contribution in [0.15, 0.2) is 41.3 Å². The first-order valence-electron chi connectivity index (χ1n) is 18.0. The first-order chi connectivity index (χ1) is 24.3. The number of amides is 3. The van der Waals surface area contributed by atoms with E-state index in [4.69, 9.17) is 4.98 Å². The number of carbonyl (C=O) groups is 3. The number of nitrogens with one attached hydrogen (secondary N) is 2. The summed E-state index contributed by atoms with van der Waals surface area (Å²) in [5.41, 5.74) is 2.79. The van der Waals surface area contributed by atoms with E-state index < -0.39 is 16.1 Å². The van der Waals surface area contributed by atoms with Crippen LogP contribution in [-0.4, -0.2) is 104 Å². The summed E-state index contributed by atoms with van der Waals surface area (Å²) in [4.78, 5) is 49.1. The Labute approximate surface area is 304 Å². The minimum absolute atomic E-state index is 0.00258. The second kappa shape index (κ2) is 15.5. The van der Waals surface area contributed by atoms with Crippen LogP contribution in [0.2, 0.25) is 0 Å². The summed E-state index contributed by atoms with van der Waals surface area (Å²) in [7, 11) is -4.25. The Bertz CT molecular complexity index is 1830. The van der Waals surface area contributed by atoms with Crippen LogP contribution in [0.5, 0.6) is 0 Å². The maximum atomic E-state index is 14.5. The molecule has 0 spiro atoms. The Balaban J connectivity index is 1.26. The molecule has 0 saturated carbocycles. The Morgan fingerprint density at radius 1 is 1.04 bits per heavy atom. The number of aromatic nitrogens is 1. The van der Waals surface area contributed by atoms with E-state index in [9.17, 15) is 27.2 Å². The SMILES string of the molecule is CC(=O)N1CCN(C(=O)CCc2cc3c(c(S(=O)(=O)N[C@@H](Cc4nc5ccccc5s4)C(=O)N4CCC(CCF)CC4)c2)NCC(C)(C)C3)CC1. The van der Waals surface area contributed by atoms with Gasteiger partial charge in [0.25, 0.3) is 0 Å². The van der Waals surface area contributed by atoms with Crippen LogP contribution in [-0.2, 0) is 43.7 Å². The highest BCUT2D eigenvalue weighted by atomic mass is 32.2. The van der Waals surface area contributed by atoms with Gasteiger partial charge in [-0.15, -0.1) is 11.3 Å². The first-order valence-corrected chi connectivity index (χ1v) is 20.3. The highest BCUT2D eigenvalue weighted by Gasteiger charge is 2.36. The third kappa shape index (κ3) is 8.89. The predicted molar refractivity (Wildman–Crippen MR) is 197 cm³/mol. The average molecular weight is 741 g/mol. The number of anilines is 1. The fraction of sp³-hybridized carbons (Fsp3) is 0.568. The molecule has 11 nitrogen and oxygen atoms in total. The molecule has 0 unspecified atom stereocenters. The van der Waals surface area contributed by atoms with E-state index in [1.807, 2.05) is 30.3 Å². The lowest BCUT2D eigenvalue weighted by Crippen LogP contribution is -2.51. The topological polar surface area (TPSA) is 132 Å². The first kappa shape index (κ1) is 37.1. The molecule has 3 aliphatic rings. The van der Waals surface area contributed by atoms with Gasteiger partial charge in [0.05, 0.1) is 27.6 Å². The smallest absolute Gasteiger partial charge is 0.243 e. The monoisotopic (exact) mass is 740 g/mol. The summed E-state index contributed by atoms with van der Waals surface area (Å²) < 4.78 is 45.8. The number of piperidine rings is 1. The van der Waals surface area contributed by atoms with Gasteiger partial charge in [-0.05, 0) is 72.8 Å². The number of hydrogen-bond donors (Lipinski definition) is 2. The van der Waals surface area contributed by atoms with Crippen molar-refractivity contribution in [3.63, 3.8) is 0 Å². The Kier molecular flexibility index (Phi) is 11.3. The van der Waals surface area contributed by atoms with Crippen molar-refractivity contribution in [1.82, 2.24) is 24.4 Å². The molecule has 2 aromatic carbocycles. The minimum Gasteiger partial charge on any atom is -0.383 e. The van der Waals surface area contributed by atoms with Crippen LogP contribution in [0.3, 0.4) is 0 Å². The van der Waals surface area contributed by atoms with Gasteiger partial charge in [0, 0.05) is 65.6 Å². The summed E-state index contributed by atoms with van der Waals surface area (Å²) in [5, 5.41) is 4.03. The van der Waals surface area contributed by atoms with E-state index in [0.29, 0.717) is 88.6 Å². The van der Waals surface area contributed by atoms with Crippen molar-refractivity contribution in [2.75, 3.05) is 57.8 Å². The number of halogens is 1. The molecule has 0 radical (unpaired) electrons. The number of alkyl halides is 1. The highest BCUT2D eigenvalue weighted by molar-refractivity contribution is 7.89. The maximum Gasteiger partial charge on any atom is 0.243 e. The molecule has 3 amide bonds. The lowest BCUT2D eigenvalue weighted by Gasteiger charge is -2.35. The molecule has 276 valence electrons. The molecular formula is C37H49FN6O5S2. The molecule has 3 aromatic rings. The fourth-order valence-electron chi connectivity index (χ4n) is 7.45. The molecule has 0 bridgehead atoms. The van der Waals surface area contributed by atoms with E-state index in [2.05, 4.69) is 23.9 Å². The number of carbonyl (C=O) groups excluding carboxylic acids is 3. The van der Waals surface area contributed by atoms with Gasteiger partial charge in [0.15, 0.2) is 0 Å². The number of para-hydroxylation sites is 1. The van der Waals surface area contributed by atoms with E-state index in [1.54, 1.807) is 20.8 Å². The van der Waals surface area contributed by atoms with Gasteiger partial charge in [-0.3, -0.25) is 18.8 Å². The van der Waals surface area contributed by atoms with Crippen molar-refractivity contribution in [1.29, 1.82) is 0 Å². The number of nitrogens with zero attached hydrogens (tertiary/aromatic N) is 4. The van der Waals surface area contributed by atoms with Crippen molar-refractivity contribution in [3.8, 4) is 0 Å². The van der Waals surface area contributed by atoms with Crippen molar-refractivity contribution in [2.45, 2.75) is 76.7 Å². The zero-order chi connectivity index (χ0) is 36.3. The zero-order valence-corrected chi connectivity index (χ0v) is 31.4. The quantitative estimate of drug-likeness (QED) is 0.298. The summed E-state index contributed by atoms with van der Waals surface area (Å²) in [5.74, 6) is -0.142. The number of rotatable bonds is 11. The Morgan fingerprint density at radius 3 is 2.43 bits per heavy atom. The van der Waals surface area contributed by atoms with Gasteiger partial charge >= 0.3 is 0 Å². The average Bonchev–Trinajstić information content (AvgIpc) is 3.52. The van der Waals surface area contributed by atoms with Gasteiger partial charge in [-0.2, -0.15) is 4.72 Å². The molecular weight excluding hydrogens is 692 g/mol. The number of thiazole rings is 1. The van der Waals surface area contributed by atoms with Crippen LogP contribution in [0, 0.1) is 11.3 Å². The maximum absolute atomic E-state index is 14.5. The van der Waals surface area contributed by atoms with Crippen LogP contribution in [0.25, 0.3) is 10.2 Å². The van der Waals surface area contributed by atoms with Crippen molar-refractivity contribution < 1.29 is 27.2 Å². The van der Waals surface area contributed by atoms with Crippen LogP contribution >= 0.6 is 11.3 Å². The summed E-state index contributed by atoms with van der Waals surface area (Å²) >= 11 is 1.44. The second-order valence-electron chi connectivity index (χ2n) is 14.9. The van der Waals surface area contributed by atoms with Gasteiger partial charge in [-0.1, -0.05) is 32.0 Å². The lowest BCUT2D eigenvalue weighted by atomic mass is 9.81. The normalized spacial score (nSPS) is 18.7. The number of fused-ring (bicyclic) bond motifs is 2. The van der Waals surface area contributed by atoms with E-state index >= 15 is 0 Å². The summed E-state index contributed by atoms with van der Waals surface area (Å²) in [6, 6.07) is 10.2. The van der Waals surface area contributed by atoms with Gasteiger partial charge in [0.1, 0.15) is 10.9 Å². The number of likely N-dealkylation sites (tertiary alicyclic amines) is 1. The van der Waals surface area contributed by atoms with E-state index in [1.165, 1.54) is 18.3 Å². The molecule has 1 aromatic heterocycles. The predicted octanol–water partition coefficient (Wildman–Crippen LogP) is 4.40. The van der Waals surface area contributed by atoms with E-state index in [-0.39, 0.29) is 53.5 Å². The third-order valence-corrected chi connectivity index (χ3v) is 13.0. The van der Waals surface area contributed by atoms with Gasteiger partial charge < -0.3 is 20.0 Å². The highest BCUT2D eigenvalue weighted by Crippen LogP contribution is 2.38. The summed E-state index contributed by atoms with van der Waals surface area (Å²) in [6.45, 7) is 8.80. The Hall–Kier alpha value is -3.62. The minimum atomic E-state index is -4.25. The molecule has 14 heteroatoms. The molecule has 4 heterocycles. The number of sulfonamides is 1. The second-order valence-corrected chi connectivity index (χ2v) is 17.7. The van der Waals surface area contributed by atoms with Gasteiger partial charge in [0.2, 0.25) is 27.7 Å². The lowest BCUT2D eigenvalue weighted by molar-refractivity contribution is -0.138. The number of benzene rings is 2. The van der Waals surface area contributed by atoms with Crippen LogP contribution < -0.4 is 10.0 Å². The molecule has 2 saturated heterocycles. The number of piperazine rings is 1. The molecule has 3 aliphatic heterocycles. The van der Waals surface area contributed by atoms with Crippen LogP contribution in [0.4, 0.5) is 10.1 Å². The molecule has 2 fully saturated rings. The fourth-order valence-corrected chi connectivity index (χ4v) is 9.92. The zero-order valence-electron chi connectivity index (χ0n) is 29.7.